The number of carbonyl (C=O) groups excluding carboxylic acids is 1. The summed E-state index contributed by atoms with van der Waals surface area (Å²) >= 11 is 6.75. The van der Waals surface area contributed by atoms with Crippen molar-refractivity contribution in [2.24, 2.45) is 0 Å². The van der Waals surface area contributed by atoms with Crippen LogP contribution in [0.15, 0.2) is 47.4 Å². The Morgan fingerprint density at radius 1 is 1.18 bits per heavy atom. The number of rotatable bonds is 4. The van der Waals surface area contributed by atoms with Gasteiger partial charge >= 0.3 is 0 Å². The van der Waals surface area contributed by atoms with Gasteiger partial charge in [0.25, 0.3) is 5.91 Å². The number of carbonyl (C=O) groups is 1. The molecule has 0 saturated carbocycles. The van der Waals surface area contributed by atoms with Crippen LogP contribution in [-0.2, 0) is 4.79 Å². The van der Waals surface area contributed by atoms with E-state index in [0.29, 0.717) is 10.9 Å². The van der Waals surface area contributed by atoms with E-state index in [0.717, 1.165) is 28.7 Å². The van der Waals surface area contributed by atoms with Gasteiger partial charge < -0.3 is 0 Å². The molecule has 0 radical (unpaired) electrons. The van der Waals surface area contributed by atoms with Gasteiger partial charge in [0.1, 0.15) is 4.32 Å². The molecule has 1 amide bonds. The Morgan fingerprint density at radius 3 is 2.77 bits per heavy atom. The summed E-state index contributed by atoms with van der Waals surface area (Å²) in [4.78, 5) is 15.0. The van der Waals surface area contributed by atoms with E-state index in [2.05, 4.69) is 25.1 Å². The summed E-state index contributed by atoms with van der Waals surface area (Å²) in [5.74, 6) is 0.0383. The average Bonchev–Trinajstić information content (AvgIpc) is 2.80. The lowest BCUT2D eigenvalue weighted by Gasteiger charge is -2.13. The minimum atomic E-state index is 0.0383. The third-order valence-corrected chi connectivity index (χ3v) is 5.10. The molecule has 0 unspecified atom stereocenters. The van der Waals surface area contributed by atoms with Crippen molar-refractivity contribution < 1.29 is 4.79 Å². The number of thioether (sulfide) groups is 1. The topological polar surface area (TPSA) is 20.3 Å². The van der Waals surface area contributed by atoms with Crippen molar-refractivity contribution in [2.75, 3.05) is 6.54 Å². The molecule has 1 heterocycles. The highest BCUT2D eigenvalue weighted by Gasteiger charge is 2.31. The maximum Gasteiger partial charge on any atom is 0.266 e. The molecule has 0 aromatic heterocycles. The van der Waals surface area contributed by atoms with Crippen molar-refractivity contribution in [3.8, 4) is 0 Å². The van der Waals surface area contributed by atoms with Gasteiger partial charge in [-0.05, 0) is 28.8 Å². The standard InChI is InChI=1S/C18H17NOS2/c1-2-3-11-19-17(20)16(22-18(19)21)12-14-9-6-8-13-7-4-5-10-15(13)14/h4-10,12H,2-3,11H2,1H3/b16-12+. The second-order valence-electron chi connectivity index (χ2n) is 5.26. The van der Waals surface area contributed by atoms with Crippen molar-refractivity contribution in [2.45, 2.75) is 19.8 Å². The van der Waals surface area contributed by atoms with Gasteiger partial charge in [-0.3, -0.25) is 9.69 Å². The Bertz CT molecular complexity index is 761. The SMILES string of the molecule is CCCCN1C(=O)/C(=C\c2cccc3ccccc23)SC1=S. The molecule has 2 aromatic carbocycles. The minimum absolute atomic E-state index is 0.0383. The summed E-state index contributed by atoms with van der Waals surface area (Å²) in [5, 5.41) is 2.33. The summed E-state index contributed by atoms with van der Waals surface area (Å²) in [6.07, 6.45) is 4.00. The molecular formula is C18H17NOS2. The van der Waals surface area contributed by atoms with Crippen LogP contribution in [-0.4, -0.2) is 21.7 Å². The number of unbranched alkanes of at least 4 members (excludes halogenated alkanes) is 1. The largest absolute Gasteiger partial charge is 0.293 e. The summed E-state index contributed by atoms with van der Waals surface area (Å²) in [7, 11) is 0. The van der Waals surface area contributed by atoms with Gasteiger partial charge in [-0.15, -0.1) is 0 Å². The Kier molecular flexibility index (Phi) is 4.60. The molecule has 0 bridgehead atoms. The van der Waals surface area contributed by atoms with Gasteiger partial charge in [-0.1, -0.05) is 79.8 Å². The second kappa shape index (κ2) is 6.63. The second-order valence-corrected chi connectivity index (χ2v) is 6.93. The molecule has 2 aromatic rings. The molecule has 0 aliphatic carbocycles. The first-order chi connectivity index (χ1) is 10.7. The highest BCUT2D eigenvalue weighted by molar-refractivity contribution is 8.26. The number of hydrogen-bond acceptors (Lipinski definition) is 3. The number of thiocarbonyl (C=S) groups is 1. The molecule has 0 N–H and O–H groups in total. The predicted octanol–water partition coefficient (Wildman–Crippen LogP) is 4.84. The van der Waals surface area contributed by atoms with E-state index in [1.807, 2.05) is 30.3 Å². The van der Waals surface area contributed by atoms with Gasteiger partial charge in [-0.2, -0.15) is 0 Å². The monoisotopic (exact) mass is 327 g/mol. The van der Waals surface area contributed by atoms with Gasteiger partial charge in [-0.25, -0.2) is 0 Å². The quantitative estimate of drug-likeness (QED) is 0.592. The van der Waals surface area contributed by atoms with Crippen molar-refractivity contribution >= 4 is 51.1 Å². The van der Waals surface area contributed by atoms with Crippen LogP contribution in [0, 0.1) is 0 Å². The zero-order valence-corrected chi connectivity index (χ0v) is 14.0. The number of nitrogens with zero attached hydrogens (tertiary/aromatic N) is 1. The Labute approximate surface area is 140 Å². The molecule has 112 valence electrons. The molecule has 1 saturated heterocycles. The molecule has 0 spiro atoms. The Hall–Kier alpha value is -1.65. The molecule has 1 aliphatic heterocycles. The first-order valence-electron chi connectivity index (χ1n) is 7.44. The van der Waals surface area contributed by atoms with Gasteiger partial charge in [0.15, 0.2) is 0 Å². The van der Waals surface area contributed by atoms with Crippen molar-refractivity contribution in [1.29, 1.82) is 0 Å². The van der Waals surface area contributed by atoms with E-state index in [1.165, 1.54) is 17.1 Å². The number of fused-ring (bicyclic) bond motifs is 1. The van der Waals surface area contributed by atoms with Crippen LogP contribution in [0.3, 0.4) is 0 Å². The third-order valence-electron chi connectivity index (χ3n) is 3.72. The first-order valence-corrected chi connectivity index (χ1v) is 8.66. The van der Waals surface area contributed by atoms with Crippen LogP contribution in [0.1, 0.15) is 25.3 Å². The summed E-state index contributed by atoms with van der Waals surface area (Å²) in [5.41, 5.74) is 1.06. The van der Waals surface area contributed by atoms with Crippen LogP contribution >= 0.6 is 24.0 Å². The van der Waals surface area contributed by atoms with E-state index in [1.54, 1.807) is 4.90 Å². The zero-order valence-electron chi connectivity index (χ0n) is 12.4. The fraction of sp³-hybridized carbons (Fsp3) is 0.222. The van der Waals surface area contributed by atoms with Crippen LogP contribution < -0.4 is 0 Å². The van der Waals surface area contributed by atoms with Gasteiger partial charge in [0.2, 0.25) is 0 Å². The Morgan fingerprint density at radius 2 is 1.95 bits per heavy atom. The third kappa shape index (κ3) is 2.94. The lowest BCUT2D eigenvalue weighted by molar-refractivity contribution is -0.122. The van der Waals surface area contributed by atoms with E-state index in [9.17, 15) is 4.79 Å². The van der Waals surface area contributed by atoms with E-state index >= 15 is 0 Å². The van der Waals surface area contributed by atoms with Gasteiger partial charge in [0, 0.05) is 6.54 Å². The van der Waals surface area contributed by atoms with Crippen molar-refractivity contribution in [3.05, 3.63) is 52.9 Å². The normalized spacial score (nSPS) is 17.0. The van der Waals surface area contributed by atoms with Gasteiger partial charge in [0.05, 0.1) is 4.91 Å². The molecule has 1 aliphatic rings. The summed E-state index contributed by atoms with van der Waals surface area (Å²) < 4.78 is 0.671. The molecule has 3 rings (SSSR count). The minimum Gasteiger partial charge on any atom is -0.293 e. The molecule has 0 atom stereocenters. The molecule has 22 heavy (non-hydrogen) atoms. The maximum absolute atomic E-state index is 12.5. The maximum atomic E-state index is 12.5. The van der Waals surface area contributed by atoms with Crippen LogP contribution in [0.2, 0.25) is 0 Å². The number of amides is 1. The smallest absolute Gasteiger partial charge is 0.266 e. The highest BCUT2D eigenvalue weighted by atomic mass is 32.2. The molecule has 1 fully saturated rings. The number of benzene rings is 2. The van der Waals surface area contributed by atoms with Crippen LogP contribution in [0.25, 0.3) is 16.8 Å². The molecular weight excluding hydrogens is 310 g/mol. The van der Waals surface area contributed by atoms with Crippen LogP contribution in [0.4, 0.5) is 0 Å². The van der Waals surface area contributed by atoms with Crippen molar-refractivity contribution in [3.63, 3.8) is 0 Å². The van der Waals surface area contributed by atoms with E-state index in [-0.39, 0.29) is 5.91 Å². The van der Waals surface area contributed by atoms with E-state index < -0.39 is 0 Å². The molecule has 2 nitrogen and oxygen atoms in total. The highest BCUT2D eigenvalue weighted by Crippen LogP contribution is 2.33. The lowest BCUT2D eigenvalue weighted by Crippen LogP contribution is -2.28. The fourth-order valence-electron chi connectivity index (χ4n) is 2.53. The number of hydrogen-bond donors (Lipinski definition) is 0. The summed E-state index contributed by atoms with van der Waals surface area (Å²) in [6, 6.07) is 14.4. The van der Waals surface area contributed by atoms with E-state index in [4.69, 9.17) is 12.2 Å². The summed E-state index contributed by atoms with van der Waals surface area (Å²) in [6.45, 7) is 2.83. The van der Waals surface area contributed by atoms with Crippen molar-refractivity contribution in [1.82, 2.24) is 4.90 Å². The first kappa shape index (κ1) is 15.3. The average molecular weight is 327 g/mol. The Balaban J connectivity index is 1.95. The predicted molar refractivity (Wildman–Crippen MR) is 98.7 cm³/mol. The lowest BCUT2D eigenvalue weighted by atomic mass is 10.0. The molecule has 4 heteroatoms. The van der Waals surface area contributed by atoms with Crippen LogP contribution in [0.5, 0.6) is 0 Å². The fourth-order valence-corrected chi connectivity index (χ4v) is 3.83. The zero-order chi connectivity index (χ0) is 15.5.